The molecule has 1 aliphatic carbocycles. The summed E-state index contributed by atoms with van der Waals surface area (Å²) in [7, 11) is 1.57. The van der Waals surface area contributed by atoms with E-state index < -0.39 is 0 Å². The molecule has 2 amide bonds. The molecule has 0 atom stereocenters. The summed E-state index contributed by atoms with van der Waals surface area (Å²) >= 11 is 2.80. The van der Waals surface area contributed by atoms with E-state index in [1.807, 2.05) is 5.38 Å². The van der Waals surface area contributed by atoms with Gasteiger partial charge in [0.1, 0.15) is 21.4 Å². The largest absolute Gasteiger partial charge is 0.354 e. The van der Waals surface area contributed by atoms with Gasteiger partial charge in [0.25, 0.3) is 17.4 Å². The molecule has 0 saturated heterocycles. The van der Waals surface area contributed by atoms with E-state index in [1.165, 1.54) is 22.7 Å². The van der Waals surface area contributed by atoms with Crippen molar-refractivity contribution >= 4 is 34.5 Å². The molecule has 0 aromatic carbocycles. The molecule has 3 aromatic heterocycles. The molecule has 3 aromatic rings. The number of carbonyl (C=O) groups is 2. The van der Waals surface area contributed by atoms with Crippen LogP contribution in [0.25, 0.3) is 10.7 Å². The Kier molecular flexibility index (Phi) is 5.44. The minimum Gasteiger partial charge on any atom is -0.354 e. The summed E-state index contributed by atoms with van der Waals surface area (Å²) in [5.74, 6) is 0.146. The molecule has 8 nitrogen and oxygen atoms in total. The van der Waals surface area contributed by atoms with Crippen LogP contribution in [0.15, 0.2) is 21.6 Å². The van der Waals surface area contributed by atoms with Crippen LogP contribution in [-0.4, -0.2) is 33.4 Å². The van der Waals surface area contributed by atoms with Gasteiger partial charge in [-0.05, 0) is 37.2 Å². The number of nitrogens with zero attached hydrogens (tertiary/aromatic N) is 3. The van der Waals surface area contributed by atoms with E-state index in [4.69, 9.17) is 0 Å². The van der Waals surface area contributed by atoms with E-state index in [0.29, 0.717) is 40.8 Å². The smallest absolute Gasteiger partial charge is 0.270 e. The highest BCUT2D eigenvalue weighted by Gasteiger charge is 2.53. The Balaban J connectivity index is 1.50. The van der Waals surface area contributed by atoms with Crippen molar-refractivity contribution in [2.75, 3.05) is 7.05 Å². The van der Waals surface area contributed by atoms with Crippen molar-refractivity contribution in [3.8, 4) is 10.7 Å². The Bertz CT molecular complexity index is 1320. The van der Waals surface area contributed by atoms with Crippen LogP contribution in [0.5, 0.6) is 0 Å². The molecule has 0 bridgehead atoms. The zero-order valence-corrected chi connectivity index (χ0v) is 20.4. The third kappa shape index (κ3) is 3.91. The number of aromatic nitrogens is 3. The maximum Gasteiger partial charge on any atom is 0.270 e. The zero-order valence-electron chi connectivity index (χ0n) is 18.7. The van der Waals surface area contributed by atoms with Crippen LogP contribution >= 0.6 is 22.7 Å². The highest BCUT2D eigenvalue weighted by Crippen LogP contribution is 2.50. The lowest BCUT2D eigenvalue weighted by atomic mass is 9.97. The third-order valence-corrected chi connectivity index (χ3v) is 7.95. The van der Waals surface area contributed by atoms with Crippen LogP contribution in [0.1, 0.15) is 70.2 Å². The van der Waals surface area contributed by atoms with Gasteiger partial charge in [0, 0.05) is 29.6 Å². The summed E-state index contributed by atoms with van der Waals surface area (Å²) in [6.45, 7) is 4.59. The summed E-state index contributed by atoms with van der Waals surface area (Å²) in [6, 6.07) is 1.64. The summed E-state index contributed by atoms with van der Waals surface area (Å²) in [6.07, 6.45) is 3.33. The Morgan fingerprint density at radius 2 is 2.03 bits per heavy atom. The predicted octanol–water partition coefficient (Wildman–Crippen LogP) is 3.16. The number of pyridine rings is 1. The van der Waals surface area contributed by atoms with Crippen LogP contribution in [0, 0.1) is 5.92 Å². The maximum atomic E-state index is 13.2. The number of hydrogen-bond acceptors (Lipinski definition) is 7. The second-order valence-corrected chi connectivity index (χ2v) is 10.8. The molecule has 5 rings (SSSR count). The van der Waals surface area contributed by atoms with Crippen molar-refractivity contribution in [3.05, 3.63) is 54.7 Å². The molecule has 0 radical (unpaired) electrons. The summed E-state index contributed by atoms with van der Waals surface area (Å²) in [5.41, 5.74) is 2.99. The van der Waals surface area contributed by atoms with Crippen LogP contribution in [0.4, 0.5) is 0 Å². The van der Waals surface area contributed by atoms with E-state index in [-0.39, 0.29) is 22.9 Å². The third-order valence-electron chi connectivity index (χ3n) is 6.25. The lowest BCUT2D eigenvalue weighted by molar-refractivity contribution is 0.0945. The van der Waals surface area contributed by atoms with E-state index in [2.05, 4.69) is 34.4 Å². The van der Waals surface area contributed by atoms with E-state index in [9.17, 15) is 14.4 Å². The first-order valence-electron chi connectivity index (χ1n) is 11.0. The number of hydrogen-bond donors (Lipinski definition) is 2. The Labute approximate surface area is 199 Å². The Morgan fingerprint density at radius 3 is 2.73 bits per heavy atom. The highest BCUT2D eigenvalue weighted by molar-refractivity contribution is 7.14. The quantitative estimate of drug-likeness (QED) is 0.537. The van der Waals surface area contributed by atoms with Gasteiger partial charge in [-0.15, -0.1) is 22.7 Å². The zero-order chi connectivity index (χ0) is 23.3. The fourth-order valence-electron chi connectivity index (χ4n) is 4.29. The van der Waals surface area contributed by atoms with E-state index in [1.54, 1.807) is 23.1 Å². The number of rotatable bonds is 7. The molecule has 1 fully saturated rings. The molecule has 4 heterocycles. The van der Waals surface area contributed by atoms with Crippen LogP contribution < -0.4 is 16.2 Å². The SMILES string of the molecule is CNC(=O)c1csc(-c2csc(Cn3c(CCC(C)C)c4c(cc3=O)C3(CC3)NC4=O)n2)n1. The fourth-order valence-corrected chi connectivity index (χ4v) is 5.89. The molecular weight excluding hydrogens is 458 g/mol. The average molecular weight is 484 g/mol. The van der Waals surface area contributed by atoms with Crippen LogP contribution in [-0.2, 0) is 18.5 Å². The van der Waals surface area contributed by atoms with E-state index >= 15 is 0 Å². The Morgan fingerprint density at radius 1 is 1.24 bits per heavy atom. The van der Waals surface area contributed by atoms with Gasteiger partial charge >= 0.3 is 0 Å². The molecule has 2 N–H and O–H groups in total. The van der Waals surface area contributed by atoms with Crippen molar-refractivity contribution in [2.24, 2.45) is 5.92 Å². The van der Waals surface area contributed by atoms with Crippen molar-refractivity contribution < 1.29 is 9.59 Å². The van der Waals surface area contributed by atoms with Gasteiger partial charge < -0.3 is 15.2 Å². The molecule has 1 saturated carbocycles. The normalized spacial score (nSPS) is 15.7. The lowest BCUT2D eigenvalue weighted by Crippen LogP contribution is -2.27. The second-order valence-electron chi connectivity index (χ2n) is 9.02. The first kappa shape index (κ1) is 22.0. The molecule has 172 valence electrons. The van der Waals surface area contributed by atoms with Gasteiger partial charge in [-0.1, -0.05) is 13.8 Å². The van der Waals surface area contributed by atoms with Gasteiger partial charge in [0.05, 0.1) is 17.6 Å². The fraction of sp³-hybridized carbons (Fsp3) is 0.435. The number of carbonyl (C=O) groups excluding carboxylic acids is 2. The maximum absolute atomic E-state index is 13.2. The Hall–Kier alpha value is -2.85. The van der Waals surface area contributed by atoms with Crippen molar-refractivity contribution in [2.45, 2.75) is 51.6 Å². The van der Waals surface area contributed by atoms with Crippen molar-refractivity contribution in [3.63, 3.8) is 0 Å². The predicted molar refractivity (Wildman–Crippen MR) is 128 cm³/mol. The lowest BCUT2D eigenvalue weighted by Gasteiger charge is -2.17. The summed E-state index contributed by atoms with van der Waals surface area (Å²) < 4.78 is 1.71. The second kappa shape index (κ2) is 8.18. The van der Waals surface area contributed by atoms with Crippen LogP contribution in [0.3, 0.4) is 0 Å². The number of fused-ring (bicyclic) bond motifs is 2. The average Bonchev–Trinajstić information content (AvgIpc) is 3.13. The molecule has 2 aliphatic rings. The van der Waals surface area contributed by atoms with Crippen LogP contribution in [0.2, 0.25) is 0 Å². The van der Waals surface area contributed by atoms with Gasteiger partial charge in [-0.25, -0.2) is 9.97 Å². The monoisotopic (exact) mass is 483 g/mol. The topological polar surface area (TPSA) is 106 Å². The minimum atomic E-state index is -0.321. The van der Waals surface area contributed by atoms with Gasteiger partial charge in [0.15, 0.2) is 0 Å². The van der Waals surface area contributed by atoms with Crippen molar-refractivity contribution in [1.82, 2.24) is 25.2 Å². The summed E-state index contributed by atoms with van der Waals surface area (Å²) in [5, 5.41) is 10.7. The molecule has 10 heteroatoms. The molecule has 33 heavy (non-hydrogen) atoms. The standard InChI is InChI=1S/C23H25N5O3S2/c1-12(2)4-5-16-19-13(23(6-7-23)27-21(19)31)8-18(29)28(16)9-17-25-15(11-32-17)22-26-14(10-33-22)20(30)24-3/h8,10-12H,4-7,9H2,1-3H3,(H,24,30)(H,27,31). The van der Waals surface area contributed by atoms with Gasteiger partial charge in [-0.2, -0.15) is 0 Å². The number of amides is 2. The first-order chi connectivity index (χ1) is 15.8. The first-order valence-corrected chi connectivity index (χ1v) is 12.8. The summed E-state index contributed by atoms with van der Waals surface area (Å²) in [4.78, 5) is 46.9. The molecule has 0 unspecified atom stereocenters. The highest BCUT2D eigenvalue weighted by atomic mass is 32.1. The van der Waals surface area contributed by atoms with Crippen molar-refractivity contribution in [1.29, 1.82) is 0 Å². The number of nitrogens with one attached hydrogen (secondary N) is 2. The van der Waals surface area contributed by atoms with Gasteiger partial charge in [0.2, 0.25) is 0 Å². The molecular formula is C23H25N5O3S2. The molecule has 1 spiro atoms. The van der Waals surface area contributed by atoms with Gasteiger partial charge in [-0.3, -0.25) is 14.4 Å². The van der Waals surface area contributed by atoms with E-state index in [0.717, 1.165) is 35.5 Å². The molecule has 1 aliphatic heterocycles. The minimum absolute atomic E-state index is 0.0700. The number of thiazole rings is 2.